The zero-order valence-corrected chi connectivity index (χ0v) is 9.47. The van der Waals surface area contributed by atoms with E-state index in [4.69, 9.17) is 4.74 Å². The predicted molar refractivity (Wildman–Crippen MR) is 62.6 cm³/mol. The molecule has 0 atom stereocenters. The van der Waals surface area contributed by atoms with Gasteiger partial charge in [-0.15, -0.1) is 5.10 Å². The Kier molecular flexibility index (Phi) is 3.15. The normalized spacial score (nSPS) is 10.1. The van der Waals surface area contributed by atoms with Crippen molar-refractivity contribution in [3.8, 4) is 5.88 Å². The van der Waals surface area contributed by atoms with Gasteiger partial charge in [-0.1, -0.05) is 29.8 Å². The van der Waals surface area contributed by atoms with Gasteiger partial charge in [0.15, 0.2) is 0 Å². The molecule has 0 spiro atoms. The Morgan fingerprint density at radius 3 is 2.62 bits per heavy atom. The summed E-state index contributed by atoms with van der Waals surface area (Å²) >= 11 is 0. The second-order valence-corrected chi connectivity index (χ2v) is 3.73. The van der Waals surface area contributed by atoms with Crippen LogP contribution in [-0.2, 0) is 6.42 Å². The molecule has 0 bridgehead atoms. The summed E-state index contributed by atoms with van der Waals surface area (Å²) in [7, 11) is 1.59. The number of hydrogen-bond donors (Lipinski definition) is 0. The van der Waals surface area contributed by atoms with E-state index in [1.807, 2.05) is 12.1 Å². The third-order valence-electron chi connectivity index (χ3n) is 2.37. The van der Waals surface area contributed by atoms with Crippen LogP contribution < -0.4 is 4.74 Å². The number of rotatable bonds is 3. The number of nitrogens with zero attached hydrogens (tertiary/aromatic N) is 2. The summed E-state index contributed by atoms with van der Waals surface area (Å²) in [5.41, 5.74) is 3.46. The van der Waals surface area contributed by atoms with E-state index in [9.17, 15) is 0 Å². The van der Waals surface area contributed by atoms with Crippen molar-refractivity contribution in [3.63, 3.8) is 0 Å². The fourth-order valence-corrected chi connectivity index (χ4v) is 1.58. The molecule has 2 rings (SSSR count). The van der Waals surface area contributed by atoms with Crippen LogP contribution >= 0.6 is 0 Å². The molecule has 0 aliphatic carbocycles. The van der Waals surface area contributed by atoms with Gasteiger partial charge >= 0.3 is 0 Å². The average Bonchev–Trinajstić information content (AvgIpc) is 2.30. The summed E-state index contributed by atoms with van der Waals surface area (Å²) in [4.78, 5) is 0. The fraction of sp³-hybridized carbons (Fsp3) is 0.231. The molecule has 1 aromatic heterocycles. The first-order valence-electron chi connectivity index (χ1n) is 5.20. The summed E-state index contributed by atoms with van der Waals surface area (Å²) in [6.07, 6.45) is 0.804. The molecule has 16 heavy (non-hydrogen) atoms. The van der Waals surface area contributed by atoms with Crippen LogP contribution in [0, 0.1) is 6.92 Å². The molecular weight excluding hydrogens is 200 g/mol. The van der Waals surface area contributed by atoms with Gasteiger partial charge in [0.1, 0.15) is 0 Å². The third kappa shape index (κ3) is 2.57. The van der Waals surface area contributed by atoms with Gasteiger partial charge in [0, 0.05) is 12.5 Å². The van der Waals surface area contributed by atoms with E-state index in [0.29, 0.717) is 5.88 Å². The molecule has 0 amide bonds. The topological polar surface area (TPSA) is 35.0 Å². The lowest BCUT2D eigenvalue weighted by molar-refractivity contribution is 0.391. The molecule has 3 nitrogen and oxygen atoms in total. The minimum Gasteiger partial charge on any atom is -0.480 e. The number of aryl methyl sites for hydroxylation is 1. The highest BCUT2D eigenvalue weighted by molar-refractivity contribution is 5.26. The monoisotopic (exact) mass is 214 g/mol. The van der Waals surface area contributed by atoms with Gasteiger partial charge in [0.2, 0.25) is 5.88 Å². The summed E-state index contributed by atoms with van der Waals surface area (Å²) in [5.74, 6) is 0.549. The molecule has 2 aromatic rings. The maximum atomic E-state index is 4.96. The smallest absolute Gasteiger partial charge is 0.233 e. The largest absolute Gasteiger partial charge is 0.480 e. The van der Waals surface area contributed by atoms with Crippen molar-refractivity contribution in [2.45, 2.75) is 13.3 Å². The molecule has 1 heterocycles. The van der Waals surface area contributed by atoms with Crippen LogP contribution in [-0.4, -0.2) is 17.3 Å². The van der Waals surface area contributed by atoms with Crippen molar-refractivity contribution in [1.82, 2.24) is 10.2 Å². The Morgan fingerprint density at radius 2 is 2.00 bits per heavy atom. The highest BCUT2D eigenvalue weighted by Crippen LogP contribution is 2.10. The van der Waals surface area contributed by atoms with E-state index >= 15 is 0 Å². The standard InChI is InChI=1S/C13H14N2O/c1-10-4-3-5-11(8-10)9-12-6-7-13(16-2)15-14-12/h3-8H,9H2,1-2H3. The van der Waals surface area contributed by atoms with Crippen molar-refractivity contribution in [2.24, 2.45) is 0 Å². The second-order valence-electron chi connectivity index (χ2n) is 3.73. The molecule has 0 aliphatic rings. The first kappa shape index (κ1) is 10.6. The van der Waals surface area contributed by atoms with Gasteiger partial charge in [-0.3, -0.25) is 0 Å². The molecule has 0 radical (unpaired) electrons. The van der Waals surface area contributed by atoms with Crippen LogP contribution in [0.2, 0.25) is 0 Å². The summed E-state index contributed by atoms with van der Waals surface area (Å²) in [6, 6.07) is 12.2. The lowest BCUT2D eigenvalue weighted by atomic mass is 10.1. The fourth-order valence-electron chi connectivity index (χ4n) is 1.58. The van der Waals surface area contributed by atoms with Crippen molar-refractivity contribution in [1.29, 1.82) is 0 Å². The van der Waals surface area contributed by atoms with Crippen LogP contribution in [0.4, 0.5) is 0 Å². The first-order valence-corrected chi connectivity index (χ1v) is 5.20. The zero-order chi connectivity index (χ0) is 11.4. The Morgan fingerprint density at radius 1 is 1.12 bits per heavy atom. The number of methoxy groups -OCH3 is 1. The lowest BCUT2D eigenvalue weighted by Gasteiger charge is -2.02. The molecule has 3 heteroatoms. The Hall–Kier alpha value is -1.90. The minimum absolute atomic E-state index is 0.549. The van der Waals surface area contributed by atoms with Crippen LogP contribution in [0.3, 0.4) is 0 Å². The van der Waals surface area contributed by atoms with E-state index in [1.165, 1.54) is 11.1 Å². The van der Waals surface area contributed by atoms with Crippen molar-refractivity contribution in [3.05, 3.63) is 53.2 Å². The molecular formula is C13H14N2O. The summed E-state index contributed by atoms with van der Waals surface area (Å²) in [6.45, 7) is 2.09. The van der Waals surface area contributed by atoms with Crippen LogP contribution in [0.1, 0.15) is 16.8 Å². The second kappa shape index (κ2) is 4.75. The van der Waals surface area contributed by atoms with Crippen molar-refractivity contribution >= 4 is 0 Å². The van der Waals surface area contributed by atoms with Crippen LogP contribution in [0.25, 0.3) is 0 Å². The maximum Gasteiger partial charge on any atom is 0.233 e. The highest BCUT2D eigenvalue weighted by Gasteiger charge is 1.99. The zero-order valence-electron chi connectivity index (χ0n) is 9.47. The highest BCUT2D eigenvalue weighted by atomic mass is 16.5. The third-order valence-corrected chi connectivity index (χ3v) is 2.37. The van der Waals surface area contributed by atoms with E-state index in [2.05, 4.69) is 41.4 Å². The predicted octanol–water partition coefficient (Wildman–Crippen LogP) is 2.38. The average molecular weight is 214 g/mol. The first-order chi connectivity index (χ1) is 7.78. The van der Waals surface area contributed by atoms with Crippen LogP contribution in [0.15, 0.2) is 36.4 Å². The van der Waals surface area contributed by atoms with E-state index in [0.717, 1.165) is 12.1 Å². The van der Waals surface area contributed by atoms with Crippen molar-refractivity contribution < 1.29 is 4.74 Å². The number of hydrogen-bond acceptors (Lipinski definition) is 3. The molecule has 0 N–H and O–H groups in total. The van der Waals surface area contributed by atoms with Gasteiger partial charge in [-0.05, 0) is 18.6 Å². The molecule has 82 valence electrons. The summed E-state index contributed by atoms with van der Waals surface area (Å²) < 4.78 is 4.96. The summed E-state index contributed by atoms with van der Waals surface area (Å²) in [5, 5.41) is 8.04. The van der Waals surface area contributed by atoms with E-state index in [-0.39, 0.29) is 0 Å². The quantitative estimate of drug-likeness (QED) is 0.786. The number of benzene rings is 1. The molecule has 0 unspecified atom stereocenters. The Balaban J connectivity index is 2.14. The van der Waals surface area contributed by atoms with E-state index < -0.39 is 0 Å². The van der Waals surface area contributed by atoms with Crippen molar-refractivity contribution in [2.75, 3.05) is 7.11 Å². The van der Waals surface area contributed by atoms with Gasteiger partial charge in [0.25, 0.3) is 0 Å². The molecule has 0 aliphatic heterocycles. The molecule has 0 saturated carbocycles. The van der Waals surface area contributed by atoms with Gasteiger partial charge < -0.3 is 4.74 Å². The molecule has 1 aromatic carbocycles. The van der Waals surface area contributed by atoms with Gasteiger partial charge in [0.05, 0.1) is 12.8 Å². The van der Waals surface area contributed by atoms with Gasteiger partial charge in [-0.2, -0.15) is 5.10 Å². The van der Waals surface area contributed by atoms with Gasteiger partial charge in [-0.25, -0.2) is 0 Å². The Bertz CT molecular complexity index is 466. The maximum absolute atomic E-state index is 4.96. The number of aromatic nitrogens is 2. The number of ether oxygens (including phenoxy) is 1. The molecule has 0 saturated heterocycles. The van der Waals surface area contributed by atoms with Crippen LogP contribution in [0.5, 0.6) is 5.88 Å². The Labute approximate surface area is 95.1 Å². The minimum atomic E-state index is 0.549. The lowest BCUT2D eigenvalue weighted by Crippen LogP contribution is -1.96. The van der Waals surface area contributed by atoms with E-state index in [1.54, 1.807) is 7.11 Å². The molecule has 0 fully saturated rings. The SMILES string of the molecule is COc1ccc(Cc2cccc(C)c2)nn1.